The lowest BCUT2D eigenvalue weighted by Gasteiger charge is -2.10. The predicted octanol–water partition coefficient (Wildman–Crippen LogP) is 0.522. The molecule has 1 N–H and O–H groups in total. The average molecular weight is 224 g/mol. The molecule has 5 nitrogen and oxygen atoms in total. The second-order valence-electron chi connectivity index (χ2n) is 4.50. The Morgan fingerprint density at radius 3 is 2.88 bits per heavy atom. The molecule has 1 aliphatic carbocycles. The largest absolute Gasteiger partial charge is 0.464 e. The number of carbonyl (C=O) groups is 1. The fourth-order valence-electron chi connectivity index (χ4n) is 1.91. The quantitative estimate of drug-likeness (QED) is 0.757. The molecule has 1 heterocycles. The standard InChI is InChI=1S/C11H16N2O3/c1-13-6-8(5-11(7-14)3-4-11)9(12-13)10(15)16-2/h6,14H,3-5,7H2,1-2H3. The van der Waals surface area contributed by atoms with Crippen LogP contribution in [0.4, 0.5) is 0 Å². The van der Waals surface area contributed by atoms with Gasteiger partial charge in [-0.05, 0) is 24.7 Å². The van der Waals surface area contributed by atoms with E-state index in [1.807, 2.05) is 6.20 Å². The first kappa shape index (κ1) is 11.1. The number of carbonyl (C=O) groups excluding carboxylic acids is 1. The van der Waals surface area contributed by atoms with E-state index >= 15 is 0 Å². The van der Waals surface area contributed by atoms with Crippen molar-refractivity contribution in [2.75, 3.05) is 13.7 Å². The summed E-state index contributed by atoms with van der Waals surface area (Å²) in [5.74, 6) is -0.413. The highest BCUT2D eigenvalue weighted by Crippen LogP contribution is 2.48. The number of aliphatic hydroxyl groups excluding tert-OH is 1. The van der Waals surface area contributed by atoms with Crippen LogP contribution in [0.15, 0.2) is 6.20 Å². The van der Waals surface area contributed by atoms with E-state index in [2.05, 4.69) is 9.84 Å². The highest BCUT2D eigenvalue weighted by molar-refractivity contribution is 5.88. The van der Waals surface area contributed by atoms with Crippen LogP contribution in [0.5, 0.6) is 0 Å². The Balaban J connectivity index is 2.23. The van der Waals surface area contributed by atoms with Crippen LogP contribution in [0.1, 0.15) is 28.9 Å². The first-order chi connectivity index (χ1) is 7.60. The zero-order valence-corrected chi connectivity index (χ0v) is 9.56. The molecule has 0 saturated heterocycles. The van der Waals surface area contributed by atoms with Crippen LogP contribution < -0.4 is 0 Å². The Hall–Kier alpha value is -1.36. The summed E-state index contributed by atoms with van der Waals surface area (Å²) in [7, 11) is 3.12. The molecule has 0 atom stereocenters. The van der Waals surface area contributed by atoms with Gasteiger partial charge in [-0.15, -0.1) is 0 Å². The van der Waals surface area contributed by atoms with E-state index < -0.39 is 5.97 Å². The highest BCUT2D eigenvalue weighted by atomic mass is 16.5. The minimum absolute atomic E-state index is 0.0220. The van der Waals surface area contributed by atoms with Crippen molar-refractivity contribution in [1.82, 2.24) is 9.78 Å². The van der Waals surface area contributed by atoms with Crippen LogP contribution in [0.2, 0.25) is 0 Å². The SMILES string of the molecule is COC(=O)c1nn(C)cc1CC1(CO)CC1. The molecule has 1 aromatic rings. The van der Waals surface area contributed by atoms with Crippen molar-refractivity contribution in [3.05, 3.63) is 17.5 Å². The molecule has 16 heavy (non-hydrogen) atoms. The van der Waals surface area contributed by atoms with Crippen LogP contribution in [-0.2, 0) is 18.2 Å². The minimum atomic E-state index is -0.413. The molecular weight excluding hydrogens is 208 g/mol. The first-order valence-corrected chi connectivity index (χ1v) is 5.32. The van der Waals surface area contributed by atoms with Crippen molar-refractivity contribution in [2.45, 2.75) is 19.3 Å². The van der Waals surface area contributed by atoms with Gasteiger partial charge in [0.1, 0.15) is 0 Å². The fraction of sp³-hybridized carbons (Fsp3) is 0.636. The molecule has 0 aliphatic heterocycles. The Bertz CT molecular complexity index is 407. The summed E-state index contributed by atoms with van der Waals surface area (Å²) in [4.78, 5) is 11.5. The summed E-state index contributed by atoms with van der Waals surface area (Å²) in [6.45, 7) is 0.169. The Kier molecular flexibility index (Phi) is 2.71. The number of methoxy groups -OCH3 is 1. The molecule has 0 aromatic carbocycles. The van der Waals surface area contributed by atoms with Gasteiger partial charge in [-0.3, -0.25) is 4.68 Å². The zero-order chi connectivity index (χ0) is 11.8. The average Bonchev–Trinajstić information content (AvgIpc) is 2.95. The molecule has 2 rings (SSSR count). The van der Waals surface area contributed by atoms with Crippen molar-refractivity contribution in [3.8, 4) is 0 Å². The molecule has 0 amide bonds. The van der Waals surface area contributed by atoms with E-state index in [9.17, 15) is 9.90 Å². The van der Waals surface area contributed by atoms with E-state index in [0.29, 0.717) is 12.1 Å². The van der Waals surface area contributed by atoms with Crippen LogP contribution in [-0.4, -0.2) is 34.6 Å². The van der Waals surface area contributed by atoms with E-state index in [1.165, 1.54) is 7.11 Å². The number of aryl methyl sites for hydroxylation is 1. The molecule has 1 aromatic heterocycles. The van der Waals surface area contributed by atoms with Crippen LogP contribution in [0, 0.1) is 5.41 Å². The summed E-state index contributed by atoms with van der Waals surface area (Å²) >= 11 is 0. The molecule has 1 fully saturated rings. The number of aliphatic hydroxyl groups is 1. The molecule has 0 spiro atoms. The van der Waals surface area contributed by atoms with Crippen molar-refractivity contribution < 1.29 is 14.6 Å². The third-order valence-corrected chi connectivity index (χ3v) is 3.14. The summed E-state index contributed by atoms with van der Waals surface area (Å²) in [5.41, 5.74) is 1.21. The Morgan fingerprint density at radius 2 is 2.38 bits per heavy atom. The molecule has 1 saturated carbocycles. The number of esters is 1. The van der Waals surface area contributed by atoms with Gasteiger partial charge < -0.3 is 9.84 Å². The van der Waals surface area contributed by atoms with E-state index in [1.54, 1.807) is 11.7 Å². The topological polar surface area (TPSA) is 64.3 Å². The molecule has 5 heteroatoms. The van der Waals surface area contributed by atoms with E-state index in [0.717, 1.165) is 18.4 Å². The Morgan fingerprint density at radius 1 is 1.69 bits per heavy atom. The molecule has 88 valence electrons. The van der Waals surface area contributed by atoms with Gasteiger partial charge in [0, 0.05) is 25.4 Å². The smallest absolute Gasteiger partial charge is 0.358 e. The second kappa shape index (κ2) is 3.90. The van der Waals surface area contributed by atoms with Crippen molar-refractivity contribution in [2.24, 2.45) is 12.5 Å². The van der Waals surface area contributed by atoms with E-state index in [-0.39, 0.29) is 12.0 Å². The van der Waals surface area contributed by atoms with Gasteiger partial charge in [-0.2, -0.15) is 5.10 Å². The van der Waals surface area contributed by atoms with Crippen molar-refractivity contribution >= 4 is 5.97 Å². The van der Waals surface area contributed by atoms with Gasteiger partial charge in [0.05, 0.1) is 7.11 Å². The minimum Gasteiger partial charge on any atom is -0.464 e. The van der Waals surface area contributed by atoms with Gasteiger partial charge in [0.2, 0.25) is 0 Å². The molecular formula is C11H16N2O3. The maximum atomic E-state index is 11.5. The van der Waals surface area contributed by atoms with Crippen LogP contribution in [0.25, 0.3) is 0 Å². The van der Waals surface area contributed by atoms with Crippen molar-refractivity contribution in [1.29, 1.82) is 0 Å². The number of aromatic nitrogens is 2. The van der Waals surface area contributed by atoms with Gasteiger partial charge >= 0.3 is 5.97 Å². The van der Waals surface area contributed by atoms with Crippen molar-refractivity contribution in [3.63, 3.8) is 0 Å². The summed E-state index contributed by atoms with van der Waals surface area (Å²) in [6, 6.07) is 0. The second-order valence-corrected chi connectivity index (χ2v) is 4.50. The van der Waals surface area contributed by atoms with Gasteiger partial charge in [0.25, 0.3) is 0 Å². The number of rotatable bonds is 4. The first-order valence-electron chi connectivity index (χ1n) is 5.32. The number of ether oxygens (including phenoxy) is 1. The van der Waals surface area contributed by atoms with Gasteiger partial charge in [-0.1, -0.05) is 0 Å². The summed E-state index contributed by atoms with van der Waals surface area (Å²) < 4.78 is 6.29. The zero-order valence-electron chi connectivity index (χ0n) is 9.56. The monoisotopic (exact) mass is 224 g/mol. The molecule has 1 aliphatic rings. The number of hydrogen-bond acceptors (Lipinski definition) is 4. The third-order valence-electron chi connectivity index (χ3n) is 3.14. The van der Waals surface area contributed by atoms with Gasteiger partial charge in [-0.25, -0.2) is 4.79 Å². The third kappa shape index (κ3) is 1.95. The summed E-state index contributed by atoms with van der Waals surface area (Å²) in [6.07, 6.45) is 4.54. The lowest BCUT2D eigenvalue weighted by molar-refractivity contribution is 0.0591. The molecule has 0 radical (unpaired) electrons. The van der Waals surface area contributed by atoms with Gasteiger partial charge in [0.15, 0.2) is 5.69 Å². The Labute approximate surface area is 94.0 Å². The molecule has 0 bridgehead atoms. The lowest BCUT2D eigenvalue weighted by Crippen LogP contribution is -2.13. The van der Waals surface area contributed by atoms with E-state index in [4.69, 9.17) is 0 Å². The number of nitrogens with zero attached hydrogens (tertiary/aromatic N) is 2. The number of hydrogen-bond donors (Lipinski definition) is 1. The fourth-order valence-corrected chi connectivity index (χ4v) is 1.91. The van der Waals surface area contributed by atoms with Crippen LogP contribution in [0.3, 0.4) is 0 Å². The highest BCUT2D eigenvalue weighted by Gasteiger charge is 2.43. The lowest BCUT2D eigenvalue weighted by atomic mass is 9.98. The summed E-state index contributed by atoms with van der Waals surface area (Å²) in [5, 5.41) is 13.4. The maximum Gasteiger partial charge on any atom is 0.358 e. The predicted molar refractivity (Wildman–Crippen MR) is 57.0 cm³/mol. The van der Waals surface area contributed by atoms with Crippen LogP contribution >= 0.6 is 0 Å². The molecule has 0 unspecified atom stereocenters. The maximum absolute atomic E-state index is 11.5. The normalized spacial score (nSPS) is 17.2.